The van der Waals surface area contributed by atoms with Crippen molar-refractivity contribution in [2.75, 3.05) is 11.9 Å². The van der Waals surface area contributed by atoms with Crippen molar-refractivity contribution in [3.8, 4) is 0 Å². The van der Waals surface area contributed by atoms with Gasteiger partial charge in [0.15, 0.2) is 0 Å². The molecule has 4 nitrogen and oxygen atoms in total. The molecular formula is C13H18BrFN2O2. The molecule has 1 unspecified atom stereocenters. The second-order valence-corrected chi connectivity index (χ2v) is 5.52. The van der Waals surface area contributed by atoms with Crippen molar-refractivity contribution in [1.82, 2.24) is 5.32 Å². The highest BCUT2D eigenvalue weighted by Crippen LogP contribution is 2.19. The van der Waals surface area contributed by atoms with Crippen LogP contribution in [0.2, 0.25) is 0 Å². The topological polar surface area (TPSA) is 61.4 Å². The number of amides is 2. The van der Waals surface area contributed by atoms with E-state index in [1.54, 1.807) is 6.07 Å². The highest BCUT2D eigenvalue weighted by Gasteiger charge is 2.10. The van der Waals surface area contributed by atoms with E-state index < -0.39 is 18.0 Å². The smallest absolute Gasteiger partial charge is 0.319 e. The molecule has 0 spiro atoms. The molecule has 1 aromatic carbocycles. The molecule has 0 fully saturated rings. The first kappa shape index (κ1) is 15.9. The standard InChI is InChI=1S/C13H18BrFN2O2/c1-8(2)12(18)5-6-16-13(19)17-11-4-3-9(14)7-10(11)15/h3-4,7-8,12,18H,5-6H2,1-2H3,(H2,16,17,19). The number of carbonyl (C=O) groups is 1. The summed E-state index contributed by atoms with van der Waals surface area (Å²) in [5, 5.41) is 14.5. The van der Waals surface area contributed by atoms with E-state index in [1.165, 1.54) is 12.1 Å². The number of carbonyl (C=O) groups excluding carboxylic acids is 1. The van der Waals surface area contributed by atoms with Gasteiger partial charge in [-0.3, -0.25) is 0 Å². The molecule has 0 aliphatic heterocycles. The lowest BCUT2D eigenvalue weighted by Gasteiger charge is -2.14. The molecule has 0 bridgehead atoms. The maximum Gasteiger partial charge on any atom is 0.319 e. The zero-order valence-corrected chi connectivity index (χ0v) is 12.5. The Bertz CT molecular complexity index is 441. The van der Waals surface area contributed by atoms with Crippen molar-refractivity contribution in [2.45, 2.75) is 26.4 Å². The van der Waals surface area contributed by atoms with E-state index >= 15 is 0 Å². The van der Waals surface area contributed by atoms with Crippen molar-refractivity contribution < 1.29 is 14.3 Å². The van der Waals surface area contributed by atoms with Gasteiger partial charge < -0.3 is 15.7 Å². The summed E-state index contributed by atoms with van der Waals surface area (Å²) in [6, 6.07) is 3.90. The fourth-order valence-electron chi connectivity index (χ4n) is 1.42. The predicted octanol–water partition coefficient (Wildman–Crippen LogP) is 3.12. The second kappa shape index (κ2) is 7.45. The van der Waals surface area contributed by atoms with Crippen LogP contribution < -0.4 is 10.6 Å². The Morgan fingerprint density at radius 3 is 2.74 bits per heavy atom. The van der Waals surface area contributed by atoms with Gasteiger partial charge in [-0.1, -0.05) is 29.8 Å². The van der Waals surface area contributed by atoms with E-state index in [4.69, 9.17) is 0 Å². The number of aliphatic hydroxyl groups excluding tert-OH is 1. The number of anilines is 1. The fourth-order valence-corrected chi connectivity index (χ4v) is 1.76. The predicted molar refractivity (Wildman–Crippen MR) is 76.6 cm³/mol. The van der Waals surface area contributed by atoms with Crippen molar-refractivity contribution >= 4 is 27.6 Å². The number of aliphatic hydroxyl groups is 1. The van der Waals surface area contributed by atoms with E-state index in [9.17, 15) is 14.3 Å². The molecule has 106 valence electrons. The van der Waals surface area contributed by atoms with Crippen molar-refractivity contribution in [1.29, 1.82) is 0 Å². The third-order valence-corrected chi connectivity index (χ3v) is 3.17. The fraction of sp³-hybridized carbons (Fsp3) is 0.462. The summed E-state index contributed by atoms with van der Waals surface area (Å²) in [5.74, 6) is -0.361. The van der Waals surface area contributed by atoms with Crippen LogP contribution in [-0.2, 0) is 0 Å². The molecule has 19 heavy (non-hydrogen) atoms. The van der Waals surface area contributed by atoms with Gasteiger partial charge in [0, 0.05) is 11.0 Å². The Morgan fingerprint density at radius 1 is 1.47 bits per heavy atom. The highest BCUT2D eigenvalue weighted by molar-refractivity contribution is 9.10. The Labute approximate surface area is 120 Å². The minimum absolute atomic E-state index is 0.116. The molecular weight excluding hydrogens is 315 g/mol. The monoisotopic (exact) mass is 332 g/mol. The summed E-state index contributed by atoms with van der Waals surface area (Å²) in [7, 11) is 0. The zero-order valence-electron chi connectivity index (χ0n) is 10.9. The minimum Gasteiger partial charge on any atom is -0.393 e. The SMILES string of the molecule is CC(C)C(O)CCNC(=O)Nc1ccc(Br)cc1F. The molecule has 0 aliphatic rings. The average molecular weight is 333 g/mol. The van der Waals surface area contributed by atoms with Crippen LogP contribution in [0.1, 0.15) is 20.3 Å². The summed E-state index contributed by atoms with van der Waals surface area (Å²) in [6.45, 7) is 4.15. The first-order valence-electron chi connectivity index (χ1n) is 6.08. The molecule has 0 aliphatic carbocycles. The van der Waals surface area contributed by atoms with Gasteiger partial charge in [-0.15, -0.1) is 0 Å². The number of rotatable bonds is 5. The van der Waals surface area contributed by atoms with Crippen LogP contribution in [-0.4, -0.2) is 23.8 Å². The quantitative estimate of drug-likeness (QED) is 0.775. The summed E-state index contributed by atoms with van der Waals surface area (Å²) in [6.07, 6.45) is 0.0122. The lowest BCUT2D eigenvalue weighted by atomic mass is 10.0. The van der Waals surface area contributed by atoms with Gasteiger partial charge in [0.05, 0.1) is 11.8 Å². The third-order valence-electron chi connectivity index (χ3n) is 2.67. The number of hydrogen-bond donors (Lipinski definition) is 3. The largest absolute Gasteiger partial charge is 0.393 e. The second-order valence-electron chi connectivity index (χ2n) is 4.61. The zero-order chi connectivity index (χ0) is 14.4. The number of halogens is 2. The number of urea groups is 1. The van der Waals surface area contributed by atoms with Crippen molar-refractivity contribution in [3.05, 3.63) is 28.5 Å². The highest BCUT2D eigenvalue weighted by atomic mass is 79.9. The molecule has 1 atom stereocenters. The third kappa shape index (κ3) is 5.57. The van der Waals surface area contributed by atoms with E-state index in [0.29, 0.717) is 17.4 Å². The summed E-state index contributed by atoms with van der Waals surface area (Å²) >= 11 is 3.14. The summed E-state index contributed by atoms with van der Waals surface area (Å²) in [4.78, 5) is 11.5. The molecule has 0 saturated heterocycles. The Hall–Kier alpha value is -1.14. The first-order valence-corrected chi connectivity index (χ1v) is 6.87. The van der Waals surface area contributed by atoms with Crippen LogP contribution >= 0.6 is 15.9 Å². The molecule has 0 saturated carbocycles. The lowest BCUT2D eigenvalue weighted by molar-refractivity contribution is 0.117. The average Bonchev–Trinajstić information content (AvgIpc) is 2.32. The van der Waals surface area contributed by atoms with E-state index in [-0.39, 0.29) is 11.6 Å². The van der Waals surface area contributed by atoms with Crippen LogP contribution in [0.3, 0.4) is 0 Å². The number of nitrogens with one attached hydrogen (secondary N) is 2. The maximum atomic E-state index is 13.5. The molecule has 0 heterocycles. The molecule has 2 amide bonds. The van der Waals surface area contributed by atoms with Gasteiger partial charge in [0.1, 0.15) is 5.82 Å². The van der Waals surface area contributed by atoms with Gasteiger partial charge in [-0.2, -0.15) is 0 Å². The van der Waals surface area contributed by atoms with Crippen LogP contribution in [0, 0.1) is 11.7 Å². The van der Waals surface area contributed by atoms with Gasteiger partial charge in [0.2, 0.25) is 0 Å². The number of benzene rings is 1. The minimum atomic E-state index is -0.508. The molecule has 1 aromatic rings. The Morgan fingerprint density at radius 2 is 2.16 bits per heavy atom. The van der Waals surface area contributed by atoms with Gasteiger partial charge in [-0.25, -0.2) is 9.18 Å². The maximum absolute atomic E-state index is 13.5. The lowest BCUT2D eigenvalue weighted by Crippen LogP contribution is -2.32. The molecule has 6 heteroatoms. The van der Waals surface area contributed by atoms with Crippen molar-refractivity contribution in [2.24, 2.45) is 5.92 Å². The normalized spacial score (nSPS) is 12.3. The molecule has 0 aromatic heterocycles. The Kier molecular flexibility index (Phi) is 6.24. The van der Waals surface area contributed by atoms with Gasteiger partial charge in [-0.05, 0) is 30.5 Å². The van der Waals surface area contributed by atoms with Crippen LogP contribution in [0.4, 0.5) is 14.9 Å². The number of hydrogen-bond acceptors (Lipinski definition) is 2. The van der Waals surface area contributed by atoms with Gasteiger partial charge >= 0.3 is 6.03 Å². The first-order chi connectivity index (χ1) is 8.90. The molecule has 1 rings (SSSR count). The van der Waals surface area contributed by atoms with E-state index in [2.05, 4.69) is 26.6 Å². The van der Waals surface area contributed by atoms with Crippen LogP contribution in [0.15, 0.2) is 22.7 Å². The Balaban J connectivity index is 2.39. The van der Waals surface area contributed by atoms with Crippen LogP contribution in [0.5, 0.6) is 0 Å². The summed E-state index contributed by atoms with van der Waals surface area (Å²) in [5.41, 5.74) is 0.116. The summed E-state index contributed by atoms with van der Waals surface area (Å²) < 4.78 is 14.1. The molecule has 0 radical (unpaired) electrons. The molecule has 3 N–H and O–H groups in total. The van der Waals surface area contributed by atoms with E-state index in [0.717, 1.165) is 0 Å². The van der Waals surface area contributed by atoms with Gasteiger partial charge in [0.25, 0.3) is 0 Å². The van der Waals surface area contributed by atoms with Crippen molar-refractivity contribution in [3.63, 3.8) is 0 Å². The van der Waals surface area contributed by atoms with E-state index in [1.807, 2.05) is 13.8 Å². The van der Waals surface area contributed by atoms with Crippen LogP contribution in [0.25, 0.3) is 0 Å².